The van der Waals surface area contributed by atoms with E-state index in [-0.39, 0.29) is 0 Å². The van der Waals surface area contributed by atoms with Gasteiger partial charge in [0.25, 0.3) is 0 Å². The van der Waals surface area contributed by atoms with Crippen LogP contribution in [0.25, 0.3) is 0 Å². The van der Waals surface area contributed by atoms with Gasteiger partial charge in [-0.05, 0) is 44.2 Å². The average Bonchev–Trinajstić information content (AvgIpc) is 3.26. The largest absolute Gasteiger partial charge is 0.449 e. The van der Waals surface area contributed by atoms with Gasteiger partial charge in [0.1, 0.15) is 11.8 Å². The van der Waals surface area contributed by atoms with Crippen molar-refractivity contribution < 1.29 is 4.42 Å². The summed E-state index contributed by atoms with van der Waals surface area (Å²) < 4.78 is 7.90. The minimum Gasteiger partial charge on any atom is -0.449 e. The lowest BCUT2D eigenvalue weighted by Gasteiger charge is -2.19. The van der Waals surface area contributed by atoms with Gasteiger partial charge >= 0.3 is 0 Å². The third-order valence-corrected chi connectivity index (χ3v) is 4.85. The van der Waals surface area contributed by atoms with Gasteiger partial charge in [0, 0.05) is 24.8 Å². The normalized spacial score (nSPS) is 21.7. The Morgan fingerprint density at radius 3 is 3.09 bits per heavy atom. The lowest BCUT2D eigenvalue weighted by atomic mass is 10.0. The van der Waals surface area contributed by atoms with E-state index in [2.05, 4.69) is 14.5 Å². The molecule has 1 fully saturated rings. The highest BCUT2D eigenvalue weighted by Crippen LogP contribution is 2.29. The van der Waals surface area contributed by atoms with E-state index in [1.807, 2.05) is 18.5 Å². The first-order chi connectivity index (χ1) is 10.8. The second-order valence-electron chi connectivity index (χ2n) is 6.31. The average molecular weight is 296 g/mol. The standard InChI is InChI=1S/C17H20N4O/c18-9-14-5-6-15(22-14)11-20-8-7-13(10-20)21-12-19-16-3-1-2-4-17(16)21/h5-6,12-13H,1-4,7-8,10-11H2/t13-/m0/s1. The van der Waals surface area contributed by atoms with Crippen LogP contribution in [0.3, 0.4) is 0 Å². The number of aryl methyl sites for hydroxylation is 1. The molecule has 0 N–H and O–H groups in total. The molecule has 114 valence electrons. The van der Waals surface area contributed by atoms with Gasteiger partial charge in [-0.25, -0.2) is 4.98 Å². The van der Waals surface area contributed by atoms with Crippen LogP contribution in [0.15, 0.2) is 22.9 Å². The molecule has 2 aliphatic rings. The van der Waals surface area contributed by atoms with Crippen LogP contribution in [0.1, 0.15) is 48.2 Å². The van der Waals surface area contributed by atoms with E-state index < -0.39 is 0 Å². The molecule has 0 unspecified atom stereocenters. The van der Waals surface area contributed by atoms with Crippen molar-refractivity contribution in [2.45, 2.75) is 44.7 Å². The molecule has 5 nitrogen and oxygen atoms in total. The van der Waals surface area contributed by atoms with Gasteiger partial charge in [-0.3, -0.25) is 4.90 Å². The van der Waals surface area contributed by atoms with E-state index in [0.717, 1.165) is 38.2 Å². The summed E-state index contributed by atoms with van der Waals surface area (Å²) in [5.41, 5.74) is 2.78. The number of nitrogens with zero attached hydrogens (tertiary/aromatic N) is 4. The van der Waals surface area contributed by atoms with Gasteiger partial charge in [-0.2, -0.15) is 5.26 Å². The highest BCUT2D eigenvalue weighted by atomic mass is 16.3. The van der Waals surface area contributed by atoms with Gasteiger partial charge in [-0.1, -0.05) is 0 Å². The van der Waals surface area contributed by atoms with Gasteiger partial charge in [0.05, 0.1) is 18.6 Å². The molecule has 0 amide bonds. The van der Waals surface area contributed by atoms with Crippen molar-refractivity contribution in [3.63, 3.8) is 0 Å². The molecule has 1 saturated heterocycles. The second-order valence-corrected chi connectivity index (χ2v) is 6.31. The Hall–Kier alpha value is -2.06. The first-order valence-electron chi connectivity index (χ1n) is 8.09. The van der Waals surface area contributed by atoms with Crippen molar-refractivity contribution in [1.29, 1.82) is 5.26 Å². The minimum atomic E-state index is 0.398. The Balaban J connectivity index is 1.44. The number of fused-ring (bicyclic) bond motifs is 1. The van der Waals surface area contributed by atoms with Crippen molar-refractivity contribution in [3.05, 3.63) is 41.4 Å². The van der Waals surface area contributed by atoms with E-state index in [0.29, 0.717) is 11.8 Å². The fourth-order valence-corrected chi connectivity index (χ4v) is 3.73. The number of aromatic nitrogens is 2. The zero-order valence-corrected chi connectivity index (χ0v) is 12.7. The summed E-state index contributed by atoms with van der Waals surface area (Å²) in [5.74, 6) is 1.28. The molecule has 3 heterocycles. The summed E-state index contributed by atoms with van der Waals surface area (Å²) in [5, 5.41) is 8.82. The minimum absolute atomic E-state index is 0.398. The zero-order chi connectivity index (χ0) is 14.9. The monoisotopic (exact) mass is 296 g/mol. The zero-order valence-electron chi connectivity index (χ0n) is 12.7. The van der Waals surface area contributed by atoms with Crippen LogP contribution in [0.4, 0.5) is 0 Å². The predicted octanol–water partition coefficient (Wildman–Crippen LogP) is 2.67. The maximum absolute atomic E-state index is 8.82. The Morgan fingerprint density at radius 2 is 2.23 bits per heavy atom. The highest BCUT2D eigenvalue weighted by molar-refractivity contribution is 5.19. The summed E-state index contributed by atoms with van der Waals surface area (Å²) in [6.07, 6.45) is 8.09. The number of hydrogen-bond donors (Lipinski definition) is 0. The Bertz CT molecular complexity index is 709. The summed E-state index contributed by atoms with van der Waals surface area (Å²) in [6.45, 7) is 2.89. The first kappa shape index (κ1) is 13.6. The number of rotatable bonds is 3. The van der Waals surface area contributed by atoms with Gasteiger partial charge in [0.15, 0.2) is 0 Å². The number of likely N-dealkylation sites (tertiary alicyclic amines) is 1. The van der Waals surface area contributed by atoms with E-state index in [4.69, 9.17) is 9.68 Å². The number of imidazole rings is 1. The molecule has 4 rings (SSSR count). The Morgan fingerprint density at radius 1 is 1.32 bits per heavy atom. The third kappa shape index (κ3) is 2.44. The lowest BCUT2D eigenvalue weighted by Crippen LogP contribution is -2.21. The van der Waals surface area contributed by atoms with Crippen LogP contribution in [-0.2, 0) is 19.4 Å². The highest BCUT2D eigenvalue weighted by Gasteiger charge is 2.27. The topological polar surface area (TPSA) is 58.0 Å². The summed E-state index contributed by atoms with van der Waals surface area (Å²) in [7, 11) is 0. The maximum Gasteiger partial charge on any atom is 0.203 e. The van der Waals surface area contributed by atoms with Crippen LogP contribution >= 0.6 is 0 Å². The molecular formula is C17H20N4O. The first-order valence-corrected chi connectivity index (χ1v) is 8.09. The van der Waals surface area contributed by atoms with Gasteiger partial charge in [0.2, 0.25) is 5.76 Å². The fourth-order valence-electron chi connectivity index (χ4n) is 3.73. The van der Waals surface area contributed by atoms with E-state index in [9.17, 15) is 0 Å². The molecule has 1 aliphatic carbocycles. The SMILES string of the molecule is N#Cc1ccc(CN2CC[C@H](n3cnc4c3CCCC4)C2)o1. The number of furan rings is 1. The van der Waals surface area contributed by atoms with Crippen LogP contribution < -0.4 is 0 Å². The quantitative estimate of drug-likeness (QED) is 0.873. The Labute approximate surface area is 130 Å². The van der Waals surface area contributed by atoms with Crippen molar-refractivity contribution in [2.24, 2.45) is 0 Å². The molecule has 5 heteroatoms. The van der Waals surface area contributed by atoms with E-state index in [1.165, 1.54) is 30.7 Å². The Kier molecular flexibility index (Phi) is 3.47. The fraction of sp³-hybridized carbons (Fsp3) is 0.529. The van der Waals surface area contributed by atoms with Crippen molar-refractivity contribution in [1.82, 2.24) is 14.5 Å². The molecule has 0 aromatic carbocycles. The third-order valence-electron chi connectivity index (χ3n) is 4.85. The molecule has 1 aliphatic heterocycles. The number of nitriles is 1. The summed E-state index contributed by atoms with van der Waals surface area (Å²) >= 11 is 0. The summed E-state index contributed by atoms with van der Waals surface area (Å²) in [6, 6.07) is 6.22. The predicted molar refractivity (Wildman–Crippen MR) is 81.2 cm³/mol. The maximum atomic E-state index is 8.82. The molecule has 0 spiro atoms. The second kappa shape index (κ2) is 5.62. The molecule has 2 aromatic heterocycles. The van der Waals surface area contributed by atoms with Crippen molar-refractivity contribution in [3.8, 4) is 6.07 Å². The molecule has 0 saturated carbocycles. The smallest absolute Gasteiger partial charge is 0.203 e. The summed E-state index contributed by atoms with van der Waals surface area (Å²) in [4.78, 5) is 7.02. The molecule has 2 aromatic rings. The lowest BCUT2D eigenvalue weighted by molar-refractivity contribution is 0.284. The molecule has 0 radical (unpaired) electrons. The van der Waals surface area contributed by atoms with Gasteiger partial charge in [-0.15, -0.1) is 0 Å². The molecule has 0 bridgehead atoms. The van der Waals surface area contributed by atoms with Crippen molar-refractivity contribution in [2.75, 3.05) is 13.1 Å². The number of hydrogen-bond acceptors (Lipinski definition) is 4. The van der Waals surface area contributed by atoms with Crippen LogP contribution in [0, 0.1) is 11.3 Å². The molecule has 22 heavy (non-hydrogen) atoms. The van der Waals surface area contributed by atoms with E-state index in [1.54, 1.807) is 6.07 Å². The van der Waals surface area contributed by atoms with Crippen LogP contribution in [0.2, 0.25) is 0 Å². The van der Waals surface area contributed by atoms with E-state index >= 15 is 0 Å². The van der Waals surface area contributed by atoms with Crippen LogP contribution in [0.5, 0.6) is 0 Å². The molecule has 1 atom stereocenters. The van der Waals surface area contributed by atoms with Crippen LogP contribution in [-0.4, -0.2) is 27.5 Å². The van der Waals surface area contributed by atoms with Crippen molar-refractivity contribution >= 4 is 0 Å². The molecular weight excluding hydrogens is 276 g/mol. The van der Waals surface area contributed by atoms with Gasteiger partial charge < -0.3 is 8.98 Å².